The van der Waals surface area contributed by atoms with Crippen molar-refractivity contribution in [2.24, 2.45) is 0 Å². The summed E-state index contributed by atoms with van der Waals surface area (Å²) >= 11 is 2.93. The lowest BCUT2D eigenvalue weighted by Crippen LogP contribution is -2.15. The zero-order chi connectivity index (χ0) is 26.5. The molecule has 1 amide bonds. The van der Waals surface area contributed by atoms with E-state index in [9.17, 15) is 9.18 Å². The van der Waals surface area contributed by atoms with Gasteiger partial charge in [0, 0.05) is 17.8 Å². The van der Waals surface area contributed by atoms with Crippen LogP contribution in [-0.4, -0.2) is 31.4 Å². The van der Waals surface area contributed by atoms with Crippen LogP contribution < -0.4 is 10.1 Å². The van der Waals surface area contributed by atoms with E-state index in [4.69, 9.17) is 9.72 Å². The van der Waals surface area contributed by atoms with Gasteiger partial charge >= 0.3 is 0 Å². The first-order valence-electron chi connectivity index (χ1n) is 11.8. The third-order valence-corrected chi connectivity index (χ3v) is 7.61. The van der Waals surface area contributed by atoms with Crippen LogP contribution in [0.15, 0.2) is 84.5 Å². The van der Waals surface area contributed by atoms with Crippen LogP contribution in [-0.2, 0) is 17.9 Å². The molecule has 5 aromatic rings. The second-order valence-electron chi connectivity index (χ2n) is 8.45. The highest BCUT2D eigenvalue weighted by Gasteiger charge is 2.15. The molecule has 2 heterocycles. The fraction of sp³-hybridized carbons (Fsp3) is 0.143. The maximum Gasteiger partial charge on any atom is 0.234 e. The maximum atomic E-state index is 13.1. The maximum absolute atomic E-state index is 13.1. The van der Waals surface area contributed by atoms with Crippen molar-refractivity contribution < 1.29 is 13.9 Å². The summed E-state index contributed by atoms with van der Waals surface area (Å²) in [6, 6.07) is 19.7. The fourth-order valence-corrected chi connectivity index (χ4v) is 5.54. The number of amides is 1. The van der Waals surface area contributed by atoms with Crippen LogP contribution in [0.4, 0.5) is 10.1 Å². The molecule has 7 nitrogen and oxygen atoms in total. The highest BCUT2D eigenvalue weighted by molar-refractivity contribution is 7.99. The van der Waals surface area contributed by atoms with Crippen LogP contribution in [0, 0.1) is 12.7 Å². The van der Waals surface area contributed by atoms with E-state index in [1.165, 1.54) is 29.5 Å². The number of nitrogens with one attached hydrogen (secondary N) is 1. The number of thioether (sulfide) groups is 1. The summed E-state index contributed by atoms with van der Waals surface area (Å²) in [4.78, 5) is 17.3. The smallest absolute Gasteiger partial charge is 0.234 e. The molecule has 0 bridgehead atoms. The van der Waals surface area contributed by atoms with E-state index in [-0.39, 0.29) is 24.1 Å². The number of thiazole rings is 1. The second-order valence-corrected chi connectivity index (χ2v) is 10.4. The summed E-state index contributed by atoms with van der Waals surface area (Å²) in [5.41, 5.74) is 3.90. The van der Waals surface area contributed by atoms with Gasteiger partial charge in [-0.15, -0.1) is 28.1 Å². The standard InChI is InChI=1S/C28H24FN5O2S2/c1-3-14-34-25(16-36-22-11-7-20(29)8-12-22)32-33-28(34)37-17-26(35)30-21-9-5-19(6-10-21)27-31-23-13-4-18(2)15-24(23)38-27/h3-13,15H,1,14,16-17H2,2H3,(H,30,35). The number of benzene rings is 3. The van der Waals surface area contributed by atoms with E-state index >= 15 is 0 Å². The van der Waals surface area contributed by atoms with Crippen molar-refractivity contribution in [3.05, 3.63) is 96.6 Å². The fourth-order valence-electron chi connectivity index (χ4n) is 3.70. The van der Waals surface area contributed by atoms with E-state index in [0.717, 1.165) is 20.8 Å². The van der Waals surface area contributed by atoms with Crippen molar-refractivity contribution in [1.82, 2.24) is 19.7 Å². The van der Waals surface area contributed by atoms with E-state index < -0.39 is 0 Å². The first kappa shape index (κ1) is 25.6. The Bertz CT molecular complexity index is 1580. The quantitative estimate of drug-likeness (QED) is 0.159. The summed E-state index contributed by atoms with van der Waals surface area (Å²) in [5.74, 6) is 0.779. The molecule has 0 fully saturated rings. The molecule has 3 aromatic carbocycles. The Morgan fingerprint density at radius 1 is 1.13 bits per heavy atom. The molecule has 1 N–H and O–H groups in total. The minimum absolute atomic E-state index is 0.153. The zero-order valence-corrected chi connectivity index (χ0v) is 22.2. The van der Waals surface area contributed by atoms with Gasteiger partial charge in [0.05, 0.1) is 16.0 Å². The van der Waals surface area contributed by atoms with E-state index in [1.54, 1.807) is 29.5 Å². The van der Waals surface area contributed by atoms with E-state index in [1.807, 2.05) is 34.9 Å². The molecule has 0 atom stereocenters. The average Bonchev–Trinajstić information content (AvgIpc) is 3.51. The van der Waals surface area contributed by atoms with Crippen LogP contribution >= 0.6 is 23.1 Å². The third kappa shape index (κ3) is 6.09. The number of allylic oxidation sites excluding steroid dienone is 1. The van der Waals surface area contributed by atoms with Gasteiger partial charge in [-0.25, -0.2) is 9.37 Å². The molecule has 10 heteroatoms. The van der Waals surface area contributed by atoms with Gasteiger partial charge in [0.25, 0.3) is 0 Å². The molecule has 0 saturated heterocycles. The molecule has 0 aliphatic rings. The minimum Gasteiger partial charge on any atom is -0.486 e. The Hall–Kier alpha value is -4.02. The molecule has 0 saturated carbocycles. The molecule has 2 aromatic heterocycles. The number of aromatic nitrogens is 4. The number of rotatable bonds is 10. The Labute approximate surface area is 227 Å². The van der Waals surface area contributed by atoms with Crippen LogP contribution in [0.2, 0.25) is 0 Å². The summed E-state index contributed by atoms with van der Waals surface area (Å²) < 4.78 is 21.8. The number of anilines is 1. The number of carbonyl (C=O) groups excluding carboxylic acids is 1. The minimum atomic E-state index is -0.330. The SMILES string of the molecule is C=CCn1c(COc2ccc(F)cc2)nnc1SCC(=O)Nc1ccc(-c2nc3ccc(C)cc3s2)cc1. The normalized spacial score (nSPS) is 11.0. The predicted molar refractivity (Wildman–Crippen MR) is 150 cm³/mol. The Kier molecular flexibility index (Phi) is 7.81. The summed E-state index contributed by atoms with van der Waals surface area (Å²) in [6.07, 6.45) is 1.73. The monoisotopic (exact) mass is 545 g/mol. The molecule has 0 radical (unpaired) electrons. The Balaban J connectivity index is 1.18. The number of hydrogen-bond donors (Lipinski definition) is 1. The van der Waals surface area contributed by atoms with Crippen LogP contribution in [0.1, 0.15) is 11.4 Å². The number of fused-ring (bicyclic) bond motifs is 1. The number of ether oxygens (including phenoxy) is 1. The van der Waals surface area contributed by atoms with Gasteiger partial charge < -0.3 is 10.1 Å². The van der Waals surface area contributed by atoms with Crippen LogP contribution in [0.25, 0.3) is 20.8 Å². The lowest BCUT2D eigenvalue weighted by atomic mass is 10.2. The van der Waals surface area contributed by atoms with Crippen molar-refractivity contribution in [3.63, 3.8) is 0 Å². The largest absolute Gasteiger partial charge is 0.486 e. The molecule has 0 aliphatic heterocycles. The van der Waals surface area contributed by atoms with Gasteiger partial charge in [0.2, 0.25) is 5.91 Å². The van der Waals surface area contributed by atoms with Gasteiger partial charge in [0.15, 0.2) is 11.0 Å². The number of aryl methyl sites for hydroxylation is 1. The first-order valence-corrected chi connectivity index (χ1v) is 13.6. The van der Waals surface area contributed by atoms with Crippen molar-refractivity contribution in [1.29, 1.82) is 0 Å². The molecule has 0 unspecified atom stereocenters. The molecule has 192 valence electrons. The average molecular weight is 546 g/mol. The van der Waals surface area contributed by atoms with E-state index in [2.05, 4.69) is 41.1 Å². The van der Waals surface area contributed by atoms with Crippen LogP contribution in [0.5, 0.6) is 5.75 Å². The molecule has 0 aliphatic carbocycles. The van der Waals surface area contributed by atoms with Gasteiger partial charge in [-0.1, -0.05) is 23.9 Å². The second kappa shape index (κ2) is 11.6. The zero-order valence-electron chi connectivity index (χ0n) is 20.6. The third-order valence-electron chi connectivity index (χ3n) is 5.58. The predicted octanol–water partition coefficient (Wildman–Crippen LogP) is 6.50. The van der Waals surface area contributed by atoms with Gasteiger partial charge in [-0.3, -0.25) is 9.36 Å². The Morgan fingerprint density at radius 3 is 2.68 bits per heavy atom. The summed E-state index contributed by atoms with van der Waals surface area (Å²) in [5, 5.41) is 12.9. The molecule has 5 rings (SSSR count). The number of halogens is 1. The van der Waals surface area contributed by atoms with Crippen LogP contribution in [0.3, 0.4) is 0 Å². The highest BCUT2D eigenvalue weighted by Crippen LogP contribution is 2.31. The lowest BCUT2D eigenvalue weighted by molar-refractivity contribution is -0.113. The lowest BCUT2D eigenvalue weighted by Gasteiger charge is -2.09. The summed E-state index contributed by atoms with van der Waals surface area (Å²) in [7, 11) is 0. The molecular weight excluding hydrogens is 521 g/mol. The van der Waals surface area contributed by atoms with Crippen molar-refractivity contribution >= 4 is 44.9 Å². The van der Waals surface area contributed by atoms with Crippen molar-refractivity contribution in [2.45, 2.75) is 25.2 Å². The van der Waals surface area contributed by atoms with Crippen molar-refractivity contribution in [2.75, 3.05) is 11.1 Å². The topological polar surface area (TPSA) is 81.9 Å². The molecule has 38 heavy (non-hydrogen) atoms. The number of hydrogen-bond acceptors (Lipinski definition) is 7. The van der Waals surface area contributed by atoms with Gasteiger partial charge in [-0.2, -0.15) is 0 Å². The molecular formula is C28H24FN5O2S2. The Morgan fingerprint density at radius 2 is 1.92 bits per heavy atom. The highest BCUT2D eigenvalue weighted by atomic mass is 32.2. The molecule has 0 spiro atoms. The number of nitrogens with zero attached hydrogens (tertiary/aromatic N) is 4. The van der Waals surface area contributed by atoms with Gasteiger partial charge in [-0.05, 0) is 73.2 Å². The van der Waals surface area contributed by atoms with E-state index in [0.29, 0.717) is 29.0 Å². The van der Waals surface area contributed by atoms with Crippen molar-refractivity contribution in [3.8, 4) is 16.3 Å². The summed E-state index contributed by atoms with van der Waals surface area (Å²) in [6.45, 7) is 6.48. The first-order chi connectivity index (χ1) is 18.5. The van der Waals surface area contributed by atoms with Gasteiger partial charge in [0.1, 0.15) is 23.2 Å². The number of carbonyl (C=O) groups is 1.